The first-order valence-electron chi connectivity index (χ1n) is 9.14. The maximum Gasteiger partial charge on any atom is 0.262 e. The lowest BCUT2D eigenvalue weighted by atomic mass is 10.2. The van der Waals surface area contributed by atoms with Crippen LogP contribution in [0.15, 0.2) is 47.5 Å². The summed E-state index contributed by atoms with van der Waals surface area (Å²) in [4.78, 5) is 33.8. The number of hydrogen-bond donors (Lipinski definition) is 0. The fourth-order valence-corrected chi connectivity index (χ4v) is 5.08. The molecule has 0 radical (unpaired) electrons. The minimum atomic E-state index is -0.160. The first-order valence-corrected chi connectivity index (χ1v) is 9.95. The summed E-state index contributed by atoms with van der Waals surface area (Å²) >= 11 is 1.49. The zero-order chi connectivity index (χ0) is 18.4. The average Bonchev–Trinajstić information content (AvgIpc) is 3.24. The van der Waals surface area contributed by atoms with E-state index in [2.05, 4.69) is 4.98 Å². The topological polar surface area (TPSA) is 64.4 Å². The molecule has 138 valence electrons. The summed E-state index contributed by atoms with van der Waals surface area (Å²) in [6, 6.07) is 12.1. The van der Waals surface area contributed by atoms with Gasteiger partial charge in [0, 0.05) is 4.88 Å². The van der Waals surface area contributed by atoms with E-state index in [0.717, 1.165) is 23.3 Å². The van der Waals surface area contributed by atoms with Gasteiger partial charge in [-0.3, -0.25) is 14.2 Å². The number of nitrogens with zero attached hydrogens (tertiary/aromatic N) is 3. The quantitative estimate of drug-likeness (QED) is 0.699. The molecule has 0 saturated carbocycles. The van der Waals surface area contributed by atoms with Crippen LogP contribution in [0.25, 0.3) is 20.7 Å². The fraction of sp³-hybridized carbons (Fsp3) is 0.350. The van der Waals surface area contributed by atoms with Gasteiger partial charge in [0.25, 0.3) is 5.56 Å². The van der Waals surface area contributed by atoms with Crippen molar-refractivity contribution >= 4 is 27.5 Å². The minimum Gasteiger partial charge on any atom is -0.377 e. The maximum absolute atomic E-state index is 12.9. The fourth-order valence-electron chi connectivity index (χ4n) is 4.08. The van der Waals surface area contributed by atoms with Crippen LogP contribution in [0.1, 0.15) is 12.8 Å². The molecule has 2 bridgehead atoms. The third-order valence-corrected chi connectivity index (χ3v) is 6.50. The summed E-state index contributed by atoms with van der Waals surface area (Å²) in [6.07, 6.45) is 3.46. The highest BCUT2D eigenvalue weighted by Gasteiger charge is 2.40. The van der Waals surface area contributed by atoms with E-state index >= 15 is 0 Å². The molecule has 3 aromatic rings. The Hall–Kier alpha value is -2.51. The predicted molar refractivity (Wildman–Crippen MR) is 104 cm³/mol. The molecule has 0 N–H and O–H groups in total. The predicted octanol–water partition coefficient (Wildman–Crippen LogP) is 2.51. The number of carbonyl (C=O) groups excluding carboxylic acids is 1. The largest absolute Gasteiger partial charge is 0.377 e. The summed E-state index contributed by atoms with van der Waals surface area (Å²) in [7, 11) is 0. The zero-order valence-electron chi connectivity index (χ0n) is 14.7. The van der Waals surface area contributed by atoms with E-state index in [0.29, 0.717) is 23.4 Å². The number of morpholine rings is 1. The molecular weight excluding hydrogens is 362 g/mol. The van der Waals surface area contributed by atoms with Gasteiger partial charge in [-0.15, -0.1) is 11.3 Å². The molecule has 4 heterocycles. The van der Waals surface area contributed by atoms with Gasteiger partial charge in [0.05, 0.1) is 37.0 Å². The van der Waals surface area contributed by atoms with E-state index in [4.69, 9.17) is 4.74 Å². The van der Waals surface area contributed by atoms with Crippen LogP contribution in [0.3, 0.4) is 0 Å². The first kappa shape index (κ1) is 16.6. The van der Waals surface area contributed by atoms with Gasteiger partial charge in [-0.1, -0.05) is 30.3 Å². The van der Waals surface area contributed by atoms with Gasteiger partial charge in [0.2, 0.25) is 5.91 Å². The molecule has 0 aliphatic carbocycles. The number of carbonyl (C=O) groups is 1. The van der Waals surface area contributed by atoms with Gasteiger partial charge in [-0.25, -0.2) is 4.98 Å². The van der Waals surface area contributed by atoms with Crippen molar-refractivity contribution in [2.75, 3.05) is 13.2 Å². The van der Waals surface area contributed by atoms with Crippen molar-refractivity contribution in [3.05, 3.63) is 53.1 Å². The second-order valence-electron chi connectivity index (χ2n) is 7.10. The van der Waals surface area contributed by atoms with Crippen LogP contribution in [-0.4, -0.2) is 45.7 Å². The summed E-state index contributed by atoms with van der Waals surface area (Å²) in [5, 5.41) is 0.569. The molecule has 2 aliphatic rings. The Morgan fingerprint density at radius 1 is 1.19 bits per heavy atom. The second-order valence-corrected chi connectivity index (χ2v) is 8.13. The molecule has 1 aromatic carbocycles. The SMILES string of the molecule is O=C(Cn1cnc2sc(-c3ccccc3)cc2c1=O)N1C2CCC1COC2. The van der Waals surface area contributed by atoms with E-state index in [-0.39, 0.29) is 30.1 Å². The molecule has 1 amide bonds. The van der Waals surface area contributed by atoms with Crippen molar-refractivity contribution in [1.82, 2.24) is 14.5 Å². The van der Waals surface area contributed by atoms with E-state index in [1.807, 2.05) is 41.3 Å². The van der Waals surface area contributed by atoms with Crippen molar-refractivity contribution in [2.24, 2.45) is 0 Å². The Bertz CT molecular complexity index is 1040. The van der Waals surface area contributed by atoms with E-state index in [1.54, 1.807) is 0 Å². The summed E-state index contributed by atoms with van der Waals surface area (Å²) in [6.45, 7) is 1.23. The Morgan fingerprint density at radius 3 is 2.67 bits per heavy atom. The monoisotopic (exact) mass is 381 g/mol. The van der Waals surface area contributed by atoms with E-state index < -0.39 is 0 Å². The van der Waals surface area contributed by atoms with Gasteiger partial charge >= 0.3 is 0 Å². The molecule has 7 heteroatoms. The lowest BCUT2D eigenvalue weighted by Gasteiger charge is -2.34. The third-order valence-electron chi connectivity index (χ3n) is 5.41. The Balaban J connectivity index is 1.45. The van der Waals surface area contributed by atoms with Crippen molar-refractivity contribution in [3.8, 4) is 10.4 Å². The number of ether oxygens (including phenoxy) is 1. The highest BCUT2D eigenvalue weighted by Crippen LogP contribution is 2.31. The molecule has 2 aromatic heterocycles. The van der Waals surface area contributed by atoms with Gasteiger partial charge in [0.15, 0.2) is 0 Å². The molecule has 2 atom stereocenters. The molecular formula is C20H19N3O3S. The standard InChI is InChI=1S/C20H19N3O3S/c24-18(23-14-6-7-15(23)11-26-10-14)9-22-12-21-19-16(20(22)25)8-17(27-19)13-4-2-1-3-5-13/h1-5,8,12,14-15H,6-7,9-11H2. The van der Waals surface area contributed by atoms with Crippen molar-refractivity contribution in [3.63, 3.8) is 0 Å². The maximum atomic E-state index is 12.9. The number of benzene rings is 1. The van der Waals surface area contributed by atoms with Crippen molar-refractivity contribution in [1.29, 1.82) is 0 Å². The number of fused-ring (bicyclic) bond motifs is 3. The number of aromatic nitrogens is 2. The Labute approximate surface area is 160 Å². The average molecular weight is 381 g/mol. The number of hydrogen-bond acceptors (Lipinski definition) is 5. The molecule has 27 heavy (non-hydrogen) atoms. The minimum absolute atomic E-state index is 0.0208. The number of amides is 1. The highest BCUT2D eigenvalue weighted by molar-refractivity contribution is 7.21. The summed E-state index contributed by atoms with van der Waals surface area (Å²) in [5.41, 5.74) is 0.903. The van der Waals surface area contributed by atoms with Crippen LogP contribution in [0, 0.1) is 0 Å². The molecule has 2 saturated heterocycles. The highest BCUT2D eigenvalue weighted by atomic mass is 32.1. The first-order chi connectivity index (χ1) is 13.2. The summed E-state index contributed by atoms with van der Waals surface area (Å²) in [5.74, 6) is -0.0208. The van der Waals surface area contributed by atoms with E-state index in [1.165, 1.54) is 22.2 Å². The zero-order valence-corrected chi connectivity index (χ0v) is 15.5. The van der Waals surface area contributed by atoms with Gasteiger partial charge in [-0.05, 0) is 24.5 Å². The Kier molecular flexibility index (Phi) is 4.06. The molecule has 6 nitrogen and oxygen atoms in total. The molecule has 0 spiro atoms. The van der Waals surface area contributed by atoms with Crippen LogP contribution < -0.4 is 5.56 Å². The van der Waals surface area contributed by atoms with Crippen LogP contribution >= 0.6 is 11.3 Å². The number of rotatable bonds is 3. The number of thiophene rings is 1. The van der Waals surface area contributed by atoms with Crippen molar-refractivity contribution < 1.29 is 9.53 Å². The smallest absolute Gasteiger partial charge is 0.262 e. The lowest BCUT2D eigenvalue weighted by Crippen LogP contribution is -2.50. The molecule has 2 unspecified atom stereocenters. The van der Waals surface area contributed by atoms with Gasteiger partial charge in [-0.2, -0.15) is 0 Å². The van der Waals surface area contributed by atoms with E-state index in [9.17, 15) is 9.59 Å². The van der Waals surface area contributed by atoms with Crippen LogP contribution in [0.5, 0.6) is 0 Å². The second kappa shape index (κ2) is 6.58. The molecule has 5 rings (SSSR count). The summed E-state index contributed by atoms with van der Waals surface area (Å²) < 4.78 is 6.97. The lowest BCUT2D eigenvalue weighted by molar-refractivity contribution is -0.141. The van der Waals surface area contributed by atoms with Gasteiger partial charge < -0.3 is 9.64 Å². The third kappa shape index (κ3) is 2.87. The van der Waals surface area contributed by atoms with Crippen LogP contribution in [0.4, 0.5) is 0 Å². The molecule has 2 fully saturated rings. The molecule has 2 aliphatic heterocycles. The van der Waals surface area contributed by atoms with Crippen LogP contribution in [0.2, 0.25) is 0 Å². The normalized spacial score (nSPS) is 21.7. The Morgan fingerprint density at radius 2 is 1.93 bits per heavy atom. The van der Waals surface area contributed by atoms with Crippen LogP contribution in [-0.2, 0) is 16.1 Å². The van der Waals surface area contributed by atoms with Crippen molar-refractivity contribution in [2.45, 2.75) is 31.5 Å². The van der Waals surface area contributed by atoms with Gasteiger partial charge in [0.1, 0.15) is 11.4 Å².